The van der Waals surface area contributed by atoms with Crippen molar-refractivity contribution >= 4 is 16.7 Å². The summed E-state index contributed by atoms with van der Waals surface area (Å²) in [6.07, 6.45) is 0.819. The van der Waals surface area contributed by atoms with Crippen molar-refractivity contribution in [2.45, 2.75) is 19.5 Å². The van der Waals surface area contributed by atoms with Gasteiger partial charge in [0, 0.05) is 19.6 Å². The molecule has 1 heterocycles. The third kappa shape index (κ3) is 4.65. The summed E-state index contributed by atoms with van der Waals surface area (Å²) in [5, 5.41) is 2.31. The third-order valence-corrected chi connectivity index (χ3v) is 6.04. The first-order chi connectivity index (χ1) is 15.5. The first-order valence-electron chi connectivity index (χ1n) is 10.8. The van der Waals surface area contributed by atoms with Crippen molar-refractivity contribution < 1.29 is 19.0 Å². The van der Waals surface area contributed by atoms with Crippen LogP contribution in [0.15, 0.2) is 48.5 Å². The highest BCUT2D eigenvalue weighted by molar-refractivity contribution is 5.84. The van der Waals surface area contributed by atoms with Crippen LogP contribution in [0.3, 0.4) is 0 Å². The smallest absolute Gasteiger partial charge is 0.237 e. The molecule has 0 aromatic heterocycles. The van der Waals surface area contributed by atoms with Gasteiger partial charge >= 0.3 is 0 Å². The zero-order valence-electron chi connectivity index (χ0n) is 19.2. The second kappa shape index (κ2) is 9.49. The zero-order valence-corrected chi connectivity index (χ0v) is 19.2. The molecule has 0 atom stereocenters. The molecule has 0 saturated heterocycles. The summed E-state index contributed by atoms with van der Waals surface area (Å²) in [5.74, 6) is 2.43. The number of amides is 1. The Kier molecular flexibility index (Phi) is 6.51. The molecule has 0 radical (unpaired) electrons. The number of carbonyl (C=O) groups excluding carboxylic acids is 1. The molecule has 0 unspecified atom stereocenters. The average molecular weight is 435 g/mol. The maximum atomic E-state index is 13.0. The van der Waals surface area contributed by atoms with E-state index in [4.69, 9.17) is 14.2 Å². The molecule has 3 aromatic carbocycles. The number of fused-ring (bicyclic) bond motifs is 2. The Balaban J connectivity index is 1.39. The van der Waals surface area contributed by atoms with E-state index in [0.717, 1.165) is 28.9 Å². The van der Waals surface area contributed by atoms with Gasteiger partial charge in [0.05, 0.1) is 27.9 Å². The molecular formula is C26H30N2O4. The van der Waals surface area contributed by atoms with E-state index >= 15 is 0 Å². The van der Waals surface area contributed by atoms with Gasteiger partial charge in [0.15, 0.2) is 11.5 Å². The molecule has 6 nitrogen and oxygen atoms in total. The van der Waals surface area contributed by atoms with E-state index in [9.17, 15) is 4.79 Å². The normalized spacial score (nSPS) is 13.2. The second-order valence-electron chi connectivity index (χ2n) is 8.26. The van der Waals surface area contributed by atoms with E-state index in [-0.39, 0.29) is 5.91 Å². The van der Waals surface area contributed by atoms with Crippen LogP contribution in [0.2, 0.25) is 0 Å². The topological polar surface area (TPSA) is 51.2 Å². The number of hydrogen-bond donors (Lipinski definition) is 0. The molecule has 3 aromatic rings. The Labute approximate surface area is 189 Å². The van der Waals surface area contributed by atoms with E-state index in [0.29, 0.717) is 31.9 Å². The maximum absolute atomic E-state index is 13.0. The summed E-state index contributed by atoms with van der Waals surface area (Å²) < 4.78 is 16.1. The SMILES string of the molecule is COc1ccc2cc(CN(C)CC(=O)N3CCc4cc(OC)c(OC)cc4C3)ccc2c1. The minimum atomic E-state index is 0.137. The van der Waals surface area contributed by atoms with Gasteiger partial charge in [0.25, 0.3) is 0 Å². The van der Waals surface area contributed by atoms with Crippen molar-refractivity contribution in [3.8, 4) is 17.2 Å². The van der Waals surface area contributed by atoms with E-state index in [1.807, 2.05) is 36.2 Å². The van der Waals surface area contributed by atoms with Crippen LogP contribution in [-0.2, 0) is 24.3 Å². The van der Waals surface area contributed by atoms with Crippen LogP contribution in [-0.4, -0.2) is 57.2 Å². The largest absolute Gasteiger partial charge is 0.497 e. The van der Waals surface area contributed by atoms with Crippen molar-refractivity contribution in [3.63, 3.8) is 0 Å². The van der Waals surface area contributed by atoms with Gasteiger partial charge in [-0.3, -0.25) is 9.69 Å². The zero-order chi connectivity index (χ0) is 22.7. The molecule has 32 heavy (non-hydrogen) atoms. The lowest BCUT2D eigenvalue weighted by Crippen LogP contribution is -2.41. The number of methoxy groups -OCH3 is 3. The fourth-order valence-corrected chi connectivity index (χ4v) is 4.29. The monoisotopic (exact) mass is 434 g/mol. The number of carbonyl (C=O) groups is 1. The highest BCUT2D eigenvalue weighted by Gasteiger charge is 2.23. The van der Waals surface area contributed by atoms with E-state index < -0.39 is 0 Å². The van der Waals surface area contributed by atoms with Gasteiger partial charge in [-0.2, -0.15) is 0 Å². The van der Waals surface area contributed by atoms with Crippen molar-refractivity contribution in [2.75, 3.05) is 41.5 Å². The van der Waals surface area contributed by atoms with Crippen LogP contribution in [0.25, 0.3) is 10.8 Å². The molecule has 0 spiro atoms. The summed E-state index contributed by atoms with van der Waals surface area (Å²) in [5.41, 5.74) is 3.52. The van der Waals surface area contributed by atoms with Crippen molar-refractivity contribution in [3.05, 3.63) is 65.2 Å². The van der Waals surface area contributed by atoms with Gasteiger partial charge < -0.3 is 19.1 Å². The maximum Gasteiger partial charge on any atom is 0.237 e. The molecule has 1 amide bonds. The third-order valence-electron chi connectivity index (χ3n) is 6.04. The van der Waals surface area contributed by atoms with Crippen molar-refractivity contribution in [1.29, 1.82) is 0 Å². The van der Waals surface area contributed by atoms with Crippen LogP contribution in [0.4, 0.5) is 0 Å². The lowest BCUT2D eigenvalue weighted by atomic mass is 9.98. The predicted octanol–water partition coefficient (Wildman–Crippen LogP) is 3.88. The fraction of sp³-hybridized carbons (Fsp3) is 0.346. The molecule has 168 valence electrons. The fourth-order valence-electron chi connectivity index (χ4n) is 4.29. The van der Waals surface area contributed by atoms with Gasteiger partial charge in [0.2, 0.25) is 5.91 Å². The molecule has 1 aliphatic heterocycles. The molecule has 0 N–H and O–H groups in total. The first-order valence-corrected chi connectivity index (χ1v) is 10.8. The molecule has 0 bridgehead atoms. The number of likely N-dealkylation sites (N-methyl/N-ethyl adjacent to an activating group) is 1. The first kappa shape index (κ1) is 22.0. The molecule has 6 heteroatoms. The second-order valence-corrected chi connectivity index (χ2v) is 8.26. The lowest BCUT2D eigenvalue weighted by Gasteiger charge is -2.31. The van der Waals surface area contributed by atoms with Crippen molar-refractivity contribution in [1.82, 2.24) is 9.80 Å². The highest BCUT2D eigenvalue weighted by atomic mass is 16.5. The number of rotatable bonds is 7. The number of benzene rings is 3. The van der Waals surface area contributed by atoms with Crippen molar-refractivity contribution in [2.24, 2.45) is 0 Å². The minimum Gasteiger partial charge on any atom is -0.497 e. The quantitative estimate of drug-likeness (QED) is 0.565. The number of nitrogens with zero attached hydrogens (tertiary/aromatic N) is 2. The lowest BCUT2D eigenvalue weighted by molar-refractivity contribution is -0.133. The minimum absolute atomic E-state index is 0.137. The van der Waals surface area contributed by atoms with Gasteiger partial charge in [-0.05, 0) is 71.3 Å². The standard InChI is InChI=1S/C26H30N2O4/c1-27(15-18-5-6-20-12-23(30-2)8-7-19(20)11-18)17-26(29)28-10-9-21-13-24(31-3)25(32-4)14-22(21)16-28/h5-8,11-14H,9-10,15-17H2,1-4H3. The Hall–Kier alpha value is -3.25. The predicted molar refractivity (Wildman–Crippen MR) is 126 cm³/mol. The molecule has 0 saturated carbocycles. The van der Waals surface area contributed by atoms with E-state index in [1.54, 1.807) is 21.3 Å². The number of hydrogen-bond acceptors (Lipinski definition) is 5. The van der Waals surface area contributed by atoms with Crippen LogP contribution in [0, 0.1) is 0 Å². The summed E-state index contributed by atoms with van der Waals surface area (Å²) in [6, 6.07) is 16.5. The molecule has 0 fully saturated rings. The van der Waals surface area contributed by atoms with Gasteiger partial charge in [-0.1, -0.05) is 18.2 Å². The Bertz CT molecular complexity index is 1130. The van der Waals surface area contributed by atoms with E-state index in [2.05, 4.69) is 29.2 Å². The van der Waals surface area contributed by atoms with Crippen LogP contribution < -0.4 is 14.2 Å². The Morgan fingerprint density at radius 1 is 0.906 bits per heavy atom. The molecule has 0 aliphatic carbocycles. The Morgan fingerprint density at radius 2 is 1.59 bits per heavy atom. The van der Waals surface area contributed by atoms with Gasteiger partial charge in [-0.25, -0.2) is 0 Å². The van der Waals surface area contributed by atoms with Crippen LogP contribution in [0.1, 0.15) is 16.7 Å². The van der Waals surface area contributed by atoms with Gasteiger partial charge in [-0.15, -0.1) is 0 Å². The van der Waals surface area contributed by atoms with Crippen LogP contribution in [0.5, 0.6) is 17.2 Å². The average Bonchev–Trinajstić information content (AvgIpc) is 2.82. The van der Waals surface area contributed by atoms with E-state index in [1.165, 1.54) is 16.5 Å². The molecular weight excluding hydrogens is 404 g/mol. The summed E-state index contributed by atoms with van der Waals surface area (Å²) in [4.78, 5) is 17.0. The van der Waals surface area contributed by atoms with Crippen LogP contribution >= 0.6 is 0 Å². The molecule has 4 rings (SSSR count). The summed E-state index contributed by atoms with van der Waals surface area (Å²) >= 11 is 0. The van der Waals surface area contributed by atoms with Gasteiger partial charge in [0.1, 0.15) is 5.75 Å². The summed E-state index contributed by atoms with van der Waals surface area (Å²) in [6.45, 7) is 2.40. The summed E-state index contributed by atoms with van der Waals surface area (Å²) in [7, 11) is 6.94. The Morgan fingerprint density at radius 3 is 2.31 bits per heavy atom. The number of ether oxygens (including phenoxy) is 3. The molecule has 1 aliphatic rings. The highest BCUT2D eigenvalue weighted by Crippen LogP contribution is 2.33.